The van der Waals surface area contributed by atoms with Crippen LogP contribution in [0.25, 0.3) is 0 Å². The maximum Gasteiger partial charge on any atom is 0.336 e. The van der Waals surface area contributed by atoms with Crippen LogP contribution in [0.1, 0.15) is 164 Å². The van der Waals surface area contributed by atoms with E-state index in [4.69, 9.17) is 63.8 Å². The molecule has 2 aliphatic carbocycles. The Morgan fingerprint density at radius 1 is 0.512 bits per heavy atom. The number of aliphatic hydroxyl groups is 1. The normalized spacial score (nSPS) is 34.5. The van der Waals surface area contributed by atoms with Gasteiger partial charge in [-0.05, 0) is 101 Å². The summed E-state index contributed by atoms with van der Waals surface area (Å²) in [5.74, 6) is -1.68. The zero-order valence-electron chi connectivity index (χ0n) is 55.5. The number of benzene rings is 2. The van der Waals surface area contributed by atoms with E-state index < -0.39 is 105 Å². The summed E-state index contributed by atoms with van der Waals surface area (Å²) in [6.07, 6.45) is 2.47. The third kappa shape index (κ3) is 12.2. The highest BCUT2D eigenvalue weighted by Gasteiger charge is 2.73. The molecule has 16 nitrogen and oxygen atoms in total. The molecule has 8 aliphatic heterocycles. The highest BCUT2D eigenvalue weighted by molar-refractivity contribution is 6.84. The van der Waals surface area contributed by atoms with E-state index >= 15 is 0 Å². The maximum absolute atomic E-state index is 13.2. The third-order valence-electron chi connectivity index (χ3n) is 20.0. The molecule has 0 aromatic heterocycles. The molecule has 0 amide bonds. The van der Waals surface area contributed by atoms with Crippen LogP contribution in [0.2, 0.25) is 44.3 Å². The van der Waals surface area contributed by atoms with Crippen LogP contribution in [-0.2, 0) is 81.8 Å². The summed E-state index contributed by atoms with van der Waals surface area (Å²) in [5.41, 5.74) is 1.20. The van der Waals surface area contributed by atoms with Crippen LogP contribution >= 0.6 is 0 Å². The molecular formula is C66H108O16Si4. The van der Waals surface area contributed by atoms with Gasteiger partial charge in [-0.2, -0.15) is 0 Å². The van der Waals surface area contributed by atoms with E-state index in [9.17, 15) is 9.90 Å². The number of rotatable bonds is 18. The Hall–Kier alpha value is -2.14. The Morgan fingerprint density at radius 3 is 1.21 bits per heavy atom. The number of aliphatic hydroxyl groups excluding tert-OH is 1. The molecular weight excluding hydrogens is 1160 g/mol. The molecule has 2 unspecified atom stereocenters. The molecule has 484 valence electrons. The minimum atomic E-state index is -3.07. The average molecular weight is 1270 g/mol. The average Bonchev–Trinajstić information content (AvgIpc) is 1.68. The Balaban J connectivity index is 0.000000223. The largest absolute Gasteiger partial charge is 0.414 e. The van der Waals surface area contributed by atoms with Gasteiger partial charge in [-0.25, -0.2) is 0 Å². The van der Waals surface area contributed by atoms with Crippen LogP contribution in [0.3, 0.4) is 0 Å². The van der Waals surface area contributed by atoms with Crippen molar-refractivity contribution in [3.63, 3.8) is 0 Å². The molecule has 2 spiro atoms. The Morgan fingerprint density at radius 2 is 0.860 bits per heavy atom. The van der Waals surface area contributed by atoms with Crippen molar-refractivity contribution in [2.45, 2.75) is 269 Å². The predicted molar refractivity (Wildman–Crippen MR) is 341 cm³/mol. The van der Waals surface area contributed by atoms with E-state index in [1.54, 1.807) is 0 Å². The van der Waals surface area contributed by atoms with Gasteiger partial charge in [0.1, 0.15) is 29.7 Å². The van der Waals surface area contributed by atoms with E-state index in [-0.39, 0.29) is 72.2 Å². The van der Waals surface area contributed by atoms with E-state index in [0.29, 0.717) is 38.2 Å². The predicted octanol–water partition coefficient (Wildman–Crippen LogP) is 13.9. The van der Waals surface area contributed by atoms with Gasteiger partial charge in [0.2, 0.25) is 0 Å². The van der Waals surface area contributed by atoms with Crippen molar-refractivity contribution in [1.82, 2.24) is 0 Å². The van der Waals surface area contributed by atoms with Crippen molar-refractivity contribution >= 4 is 40.5 Å². The first-order valence-corrected chi connectivity index (χ1v) is 40.0. The first-order chi connectivity index (χ1) is 40.3. The zero-order chi connectivity index (χ0) is 62.8. The van der Waals surface area contributed by atoms with Gasteiger partial charge < -0.3 is 68.9 Å². The number of carbonyl (C=O) groups is 1. The van der Waals surface area contributed by atoms with E-state index in [0.717, 1.165) is 23.0 Å². The molecule has 2 aromatic rings. The van der Waals surface area contributed by atoms with E-state index in [1.165, 1.54) is 0 Å². The quantitative estimate of drug-likeness (QED) is 0.0850. The van der Waals surface area contributed by atoms with E-state index in [1.807, 2.05) is 82.3 Å². The Kier molecular flexibility index (Phi) is 20.1. The minimum absolute atomic E-state index is 0. The monoisotopic (exact) mass is 1270 g/mol. The second-order valence-corrected chi connectivity index (χ2v) is 46.9. The molecule has 0 saturated carbocycles. The van der Waals surface area contributed by atoms with Crippen molar-refractivity contribution in [2.24, 2.45) is 10.8 Å². The number of ether oxygens (including phenoxy) is 8. The summed E-state index contributed by atoms with van der Waals surface area (Å²) >= 11 is 0. The van der Waals surface area contributed by atoms with Crippen molar-refractivity contribution in [2.75, 3.05) is 33.0 Å². The lowest BCUT2D eigenvalue weighted by Crippen LogP contribution is -2.70. The molecule has 8 fully saturated rings. The number of fused-ring (bicyclic) bond motifs is 8. The third-order valence-corrected chi connectivity index (χ3v) is 40.5. The topological polar surface area (TPSA) is 167 Å². The molecule has 8 saturated heterocycles. The van der Waals surface area contributed by atoms with Gasteiger partial charge in [0.15, 0.2) is 24.2 Å². The highest BCUT2D eigenvalue weighted by Crippen LogP contribution is 2.62. The molecule has 8 heterocycles. The molecule has 10 atom stereocenters. The van der Waals surface area contributed by atoms with Crippen molar-refractivity contribution < 1.29 is 75.2 Å². The molecule has 1 N–H and O–H groups in total. The second kappa shape index (κ2) is 25.4. The van der Waals surface area contributed by atoms with Gasteiger partial charge in [-0.15, -0.1) is 0 Å². The molecule has 86 heavy (non-hydrogen) atoms. The number of aldehydes is 1. The van der Waals surface area contributed by atoms with Crippen LogP contribution in [-0.4, -0.2) is 138 Å². The lowest BCUT2D eigenvalue weighted by Gasteiger charge is -2.58. The van der Waals surface area contributed by atoms with Gasteiger partial charge in [-0.1, -0.05) is 171 Å². The van der Waals surface area contributed by atoms with Gasteiger partial charge in [0, 0.05) is 25.3 Å². The fourth-order valence-corrected chi connectivity index (χ4v) is 38.0. The summed E-state index contributed by atoms with van der Waals surface area (Å²) in [5, 5.41) is 11.1. The number of hydrogen-bond donors (Lipinski definition) is 1. The zero-order valence-corrected chi connectivity index (χ0v) is 59.5. The Labute approximate surface area is 520 Å². The Bertz CT molecular complexity index is 2680. The fourth-order valence-electron chi connectivity index (χ4n) is 15.6. The van der Waals surface area contributed by atoms with Crippen molar-refractivity contribution in [3.05, 3.63) is 95.1 Å². The summed E-state index contributed by atoms with van der Waals surface area (Å²) in [4.78, 5) is 13.2. The summed E-state index contributed by atoms with van der Waals surface area (Å²) in [6, 6.07) is 20.3. The standard InChI is InChI=1S/C33H54O8Si2.C33H52O8Si2.H2/c2*1-22(2)42(23(3)4)38-28-17-32(20-35-19-26-14-12-11-13-15-26)27(18-34)16-33(21-36-31(9,10)40-33)30(37-28)29(32)39-43(41-42,24(5)6)25(7)8;/h11-16,22-25,28-30,34H,17-21H2,1-10H3;11-16,18,22-25,28-30H,17,19-21H2,1-10H3;1H/t2*28-,29-,30-,32-,33?;/m11./s1. The molecule has 0 radical (unpaired) electrons. The smallest absolute Gasteiger partial charge is 0.336 e. The van der Waals surface area contributed by atoms with Crippen LogP contribution in [0.4, 0.5) is 0 Å². The molecule has 12 rings (SSSR count). The molecule has 8 bridgehead atoms. The minimum Gasteiger partial charge on any atom is -0.414 e. The molecule has 20 heteroatoms. The van der Waals surface area contributed by atoms with Crippen LogP contribution in [0.15, 0.2) is 84.0 Å². The van der Waals surface area contributed by atoms with Crippen LogP contribution < -0.4 is 0 Å². The SMILES string of the molecule is CC(C)[Si]1(C(C)C)O[C@@H]2C[C@@]3(COCc4ccccc4)C(C=O)=CC4(COC(C)(C)O4)[C@H](O2)[C@H]3O[Si](C(C)C)(C(C)C)O1.CC(C)[Si]1(C(C)C)O[C@@H]2C[C@@]3(COCc4ccccc4)C(CO)=CC4(COC(C)(C)O4)[C@H](O2)[C@H]3O[Si](C(C)C)(C(C)C)O1.[HH]. The first-order valence-electron chi connectivity index (χ1n) is 32.2. The van der Waals surface area contributed by atoms with Gasteiger partial charge in [-0.3, -0.25) is 4.79 Å². The lowest BCUT2D eigenvalue weighted by atomic mass is 9.62. The highest BCUT2D eigenvalue weighted by atomic mass is 28.5. The second-order valence-electron chi connectivity index (χ2n) is 29.3. The lowest BCUT2D eigenvalue weighted by molar-refractivity contribution is -0.286. The summed E-state index contributed by atoms with van der Waals surface area (Å²) in [6.45, 7) is 44.9. The van der Waals surface area contributed by atoms with Gasteiger partial charge in [0.05, 0.1) is 63.9 Å². The van der Waals surface area contributed by atoms with E-state index in [2.05, 4.69) is 129 Å². The number of carbonyl (C=O) groups excluding carboxylic acids is 1. The van der Waals surface area contributed by atoms with Crippen LogP contribution in [0, 0.1) is 10.8 Å². The van der Waals surface area contributed by atoms with Gasteiger partial charge >= 0.3 is 34.2 Å². The van der Waals surface area contributed by atoms with Crippen LogP contribution in [0.5, 0.6) is 0 Å². The van der Waals surface area contributed by atoms with Crippen molar-refractivity contribution in [1.29, 1.82) is 0 Å². The van der Waals surface area contributed by atoms with Crippen molar-refractivity contribution in [3.8, 4) is 0 Å². The molecule has 10 aliphatic rings. The van der Waals surface area contributed by atoms with Gasteiger partial charge in [0.25, 0.3) is 0 Å². The first kappa shape index (κ1) is 68.2. The molecule has 2 aromatic carbocycles. The maximum atomic E-state index is 13.2. The fraction of sp³-hybridized carbons (Fsp3) is 0.742. The summed E-state index contributed by atoms with van der Waals surface area (Å²) in [7, 11) is -12.0. The number of hydrogen-bond acceptors (Lipinski definition) is 16. The summed E-state index contributed by atoms with van der Waals surface area (Å²) < 4.78 is 97.7.